The molecule has 0 aliphatic heterocycles. The number of aromatic nitrogens is 2. The molecule has 0 saturated carbocycles. The fourth-order valence-corrected chi connectivity index (χ4v) is 1.74. The van der Waals surface area contributed by atoms with Gasteiger partial charge in [0.2, 0.25) is 12.3 Å². The Morgan fingerprint density at radius 2 is 2.05 bits per heavy atom. The highest BCUT2D eigenvalue weighted by Gasteiger charge is 2.23. The third kappa shape index (κ3) is 3.70. The van der Waals surface area contributed by atoms with Gasteiger partial charge in [-0.2, -0.15) is 9.83 Å². The van der Waals surface area contributed by atoms with Crippen molar-refractivity contribution in [2.45, 2.75) is 6.54 Å². The Morgan fingerprint density at radius 1 is 1.29 bits per heavy atom. The van der Waals surface area contributed by atoms with E-state index in [-0.39, 0.29) is 24.6 Å². The van der Waals surface area contributed by atoms with Crippen molar-refractivity contribution >= 4 is 11.8 Å². The van der Waals surface area contributed by atoms with E-state index in [9.17, 15) is 9.59 Å². The average Bonchev–Trinajstić information content (AvgIpc) is 2.54. The Morgan fingerprint density at radius 3 is 2.76 bits per heavy atom. The van der Waals surface area contributed by atoms with E-state index < -0.39 is 5.97 Å². The van der Waals surface area contributed by atoms with E-state index in [0.717, 1.165) is 0 Å². The van der Waals surface area contributed by atoms with Gasteiger partial charge in [0.05, 0.1) is 6.20 Å². The minimum Gasteiger partial charge on any atom is -0.442 e. The number of nitrogens with zero attached hydrogens (tertiary/aromatic N) is 3. The van der Waals surface area contributed by atoms with Crippen LogP contribution in [0.2, 0.25) is 0 Å². The molecule has 1 aromatic heterocycles. The predicted octanol–water partition coefficient (Wildman–Crippen LogP) is 0.932. The molecule has 0 bridgehead atoms. The van der Waals surface area contributed by atoms with Crippen LogP contribution in [0.5, 0.6) is 0 Å². The van der Waals surface area contributed by atoms with Crippen molar-refractivity contribution in [3.8, 4) is 6.07 Å². The maximum absolute atomic E-state index is 12.2. The van der Waals surface area contributed by atoms with Crippen LogP contribution in [0.4, 0.5) is 0 Å². The zero-order valence-electron chi connectivity index (χ0n) is 11.1. The van der Waals surface area contributed by atoms with Crippen LogP contribution in [0.1, 0.15) is 20.8 Å². The summed E-state index contributed by atoms with van der Waals surface area (Å²) in [6.07, 6.45) is 4.29. The van der Waals surface area contributed by atoms with Crippen molar-refractivity contribution in [2.75, 3.05) is 6.61 Å². The largest absolute Gasteiger partial charge is 0.442 e. The van der Waals surface area contributed by atoms with Crippen molar-refractivity contribution in [1.29, 1.82) is 5.26 Å². The molecule has 6 heteroatoms. The van der Waals surface area contributed by atoms with Crippen molar-refractivity contribution in [3.05, 3.63) is 60.2 Å². The first-order chi connectivity index (χ1) is 10.2. The fraction of sp³-hybridized carbons (Fsp3) is 0.133. The minimum atomic E-state index is -0.689. The lowest BCUT2D eigenvalue weighted by molar-refractivity contribution is -0.686. The first-order valence-corrected chi connectivity index (χ1v) is 6.18. The van der Waals surface area contributed by atoms with E-state index in [1.165, 1.54) is 23.2 Å². The number of ketones is 1. The van der Waals surface area contributed by atoms with Crippen molar-refractivity contribution in [1.82, 2.24) is 4.98 Å². The van der Waals surface area contributed by atoms with Gasteiger partial charge in [0.1, 0.15) is 12.3 Å². The topological polar surface area (TPSA) is 83.9 Å². The van der Waals surface area contributed by atoms with Gasteiger partial charge in [0.25, 0.3) is 0 Å². The van der Waals surface area contributed by atoms with Gasteiger partial charge in [-0.1, -0.05) is 30.3 Å². The second-order valence-electron chi connectivity index (χ2n) is 4.11. The minimum absolute atomic E-state index is 0.0104. The van der Waals surface area contributed by atoms with E-state index in [4.69, 9.17) is 10.00 Å². The molecule has 0 radical (unpaired) electrons. The van der Waals surface area contributed by atoms with Gasteiger partial charge in [-0.15, -0.1) is 0 Å². The first-order valence-electron chi connectivity index (χ1n) is 6.18. The number of Topliss-reactive ketones (excluding diaryl/α,β-unsaturated/α-hetero) is 1. The van der Waals surface area contributed by atoms with Gasteiger partial charge >= 0.3 is 11.7 Å². The summed E-state index contributed by atoms with van der Waals surface area (Å²) in [5.74, 6) is -0.827. The van der Waals surface area contributed by atoms with Gasteiger partial charge in [-0.05, 0) is 0 Å². The molecular weight excluding hydrogens is 270 g/mol. The number of nitriles is 1. The zero-order valence-corrected chi connectivity index (χ0v) is 11.1. The molecule has 0 unspecified atom stereocenters. The lowest BCUT2D eigenvalue weighted by Gasteiger charge is -2.02. The molecule has 21 heavy (non-hydrogen) atoms. The van der Waals surface area contributed by atoms with Crippen LogP contribution < -0.4 is 4.57 Å². The summed E-state index contributed by atoms with van der Waals surface area (Å²) in [6, 6.07) is 10.5. The van der Waals surface area contributed by atoms with Crippen molar-refractivity contribution in [2.24, 2.45) is 0 Å². The third-order valence-electron chi connectivity index (χ3n) is 2.73. The van der Waals surface area contributed by atoms with Crippen molar-refractivity contribution < 1.29 is 18.9 Å². The van der Waals surface area contributed by atoms with Crippen LogP contribution in [0, 0.1) is 11.3 Å². The Labute approximate surface area is 121 Å². The van der Waals surface area contributed by atoms with Crippen LogP contribution in [0.15, 0.2) is 48.9 Å². The highest BCUT2D eigenvalue weighted by Crippen LogP contribution is 2.01. The lowest BCUT2D eigenvalue weighted by atomic mass is 10.1. The third-order valence-corrected chi connectivity index (χ3v) is 2.73. The normalized spacial score (nSPS) is 9.67. The molecule has 1 aromatic carbocycles. The zero-order chi connectivity index (χ0) is 15.1. The van der Waals surface area contributed by atoms with Gasteiger partial charge in [0, 0.05) is 5.56 Å². The maximum atomic E-state index is 12.2. The molecule has 0 atom stereocenters. The number of hydrogen-bond donors (Lipinski definition) is 0. The number of carbonyl (C=O) groups is 2. The monoisotopic (exact) mass is 282 g/mol. The van der Waals surface area contributed by atoms with E-state index in [1.807, 2.05) is 6.07 Å². The molecule has 0 aliphatic rings. The van der Waals surface area contributed by atoms with Crippen LogP contribution in [0.25, 0.3) is 0 Å². The number of hydrogen-bond acceptors (Lipinski definition) is 5. The van der Waals surface area contributed by atoms with Gasteiger partial charge in [-0.25, -0.2) is 4.79 Å². The van der Waals surface area contributed by atoms with Gasteiger partial charge in [-0.3, -0.25) is 9.78 Å². The summed E-state index contributed by atoms with van der Waals surface area (Å²) in [5, 5.41) is 8.42. The Kier molecular flexibility index (Phi) is 4.72. The summed E-state index contributed by atoms with van der Waals surface area (Å²) in [7, 11) is 0. The summed E-state index contributed by atoms with van der Waals surface area (Å²) >= 11 is 0. The second-order valence-corrected chi connectivity index (χ2v) is 4.11. The molecular formula is C15H12N3O3+. The smallest absolute Gasteiger partial charge is 0.406 e. The average molecular weight is 282 g/mol. The molecule has 104 valence electrons. The molecule has 0 aliphatic carbocycles. The Balaban J connectivity index is 2.19. The molecule has 0 saturated heterocycles. The Hall–Kier alpha value is -3.07. The number of carbonyl (C=O) groups excluding carboxylic acids is 2. The highest BCUT2D eigenvalue weighted by atomic mass is 16.5. The molecule has 2 rings (SSSR count). The standard InChI is InChI=1S/C15H12N3O3/c16-6-9-21-15(20)13-10-17-7-8-18(13)11-14(19)12-4-2-1-3-5-12/h1-5,7-8,10H,9,11H2/q+1. The Bertz CT molecular complexity index is 693. The van der Waals surface area contributed by atoms with Crippen molar-refractivity contribution in [3.63, 3.8) is 0 Å². The molecule has 0 N–H and O–H groups in total. The number of benzene rings is 1. The van der Waals surface area contributed by atoms with Gasteiger partial charge < -0.3 is 4.74 Å². The van der Waals surface area contributed by atoms with E-state index in [0.29, 0.717) is 5.56 Å². The highest BCUT2D eigenvalue weighted by molar-refractivity contribution is 5.95. The van der Waals surface area contributed by atoms with E-state index in [1.54, 1.807) is 30.3 Å². The number of esters is 1. The fourth-order valence-electron chi connectivity index (χ4n) is 1.74. The van der Waals surface area contributed by atoms with Crippen LogP contribution in [-0.2, 0) is 11.3 Å². The number of ether oxygens (including phenoxy) is 1. The molecule has 6 nitrogen and oxygen atoms in total. The summed E-state index contributed by atoms with van der Waals surface area (Å²) in [5.41, 5.74) is 0.676. The van der Waals surface area contributed by atoms with E-state index >= 15 is 0 Å². The number of rotatable bonds is 5. The van der Waals surface area contributed by atoms with Crippen LogP contribution in [0.3, 0.4) is 0 Å². The predicted molar refractivity (Wildman–Crippen MR) is 71.1 cm³/mol. The van der Waals surface area contributed by atoms with Gasteiger partial charge in [0.15, 0.2) is 12.8 Å². The quantitative estimate of drug-likeness (QED) is 0.463. The molecule has 0 fully saturated rings. The molecule has 1 heterocycles. The van der Waals surface area contributed by atoms with Crippen LogP contribution in [-0.4, -0.2) is 23.3 Å². The SMILES string of the molecule is N#CCOC(=O)c1cncc[n+]1CC(=O)c1ccccc1. The molecule has 0 spiro atoms. The molecule has 2 aromatic rings. The second kappa shape index (κ2) is 6.91. The summed E-state index contributed by atoms with van der Waals surface area (Å²) in [4.78, 5) is 27.8. The molecule has 0 amide bonds. The lowest BCUT2D eigenvalue weighted by Crippen LogP contribution is -2.44. The van der Waals surface area contributed by atoms with E-state index in [2.05, 4.69) is 4.98 Å². The summed E-state index contributed by atoms with van der Waals surface area (Å²) < 4.78 is 6.18. The maximum Gasteiger partial charge on any atom is 0.406 e. The van der Waals surface area contributed by atoms with Crippen LogP contribution >= 0.6 is 0 Å². The first kappa shape index (κ1) is 14.3. The summed E-state index contributed by atoms with van der Waals surface area (Å²) in [6.45, 7) is -0.357.